The standard InChI is InChI=1S/C21H20ClN3O5S2/c1-13-9-10-16(22)18(12-13)30-14(2)20(26)23-24-21(27)15-6-3-4-7-17(15)25-32(28,29)19-8-5-11-31-19/h3-12,14,25H,1-2H3,(H,23,26)(H,24,27). The lowest BCUT2D eigenvalue weighted by molar-refractivity contribution is -0.128. The summed E-state index contributed by atoms with van der Waals surface area (Å²) in [5, 5.41) is 1.99. The molecule has 0 spiro atoms. The average Bonchev–Trinajstić information content (AvgIpc) is 3.30. The van der Waals surface area contributed by atoms with Crippen LogP contribution in [0.25, 0.3) is 0 Å². The minimum atomic E-state index is -3.84. The second-order valence-electron chi connectivity index (χ2n) is 6.72. The molecule has 0 aliphatic carbocycles. The number of sulfonamides is 1. The third-order valence-corrected chi connectivity index (χ3v) is 7.31. The van der Waals surface area contributed by atoms with Crippen molar-refractivity contribution >= 4 is 50.5 Å². The monoisotopic (exact) mass is 493 g/mol. The van der Waals surface area contributed by atoms with Crippen LogP contribution in [0.2, 0.25) is 5.02 Å². The quantitative estimate of drug-likeness (QED) is 0.434. The van der Waals surface area contributed by atoms with E-state index in [9.17, 15) is 18.0 Å². The third-order valence-electron chi connectivity index (χ3n) is 4.23. The summed E-state index contributed by atoms with van der Waals surface area (Å²) in [4.78, 5) is 24.9. The lowest BCUT2D eigenvalue weighted by Crippen LogP contribution is -2.47. The largest absolute Gasteiger partial charge is 0.479 e. The Morgan fingerprint density at radius 1 is 1.06 bits per heavy atom. The number of halogens is 1. The topological polar surface area (TPSA) is 114 Å². The average molecular weight is 494 g/mol. The normalized spacial score (nSPS) is 12.0. The van der Waals surface area contributed by atoms with Crippen LogP contribution in [-0.4, -0.2) is 26.3 Å². The van der Waals surface area contributed by atoms with E-state index >= 15 is 0 Å². The van der Waals surface area contributed by atoms with Crippen molar-refractivity contribution in [2.75, 3.05) is 4.72 Å². The smallest absolute Gasteiger partial charge is 0.279 e. The minimum Gasteiger partial charge on any atom is -0.479 e. The summed E-state index contributed by atoms with van der Waals surface area (Å²) in [5.41, 5.74) is 5.55. The Labute approximate surface area is 194 Å². The molecule has 0 saturated heterocycles. The molecule has 1 heterocycles. The van der Waals surface area contributed by atoms with Gasteiger partial charge in [0.1, 0.15) is 9.96 Å². The molecule has 2 aromatic carbocycles. The summed E-state index contributed by atoms with van der Waals surface area (Å²) >= 11 is 7.13. The molecule has 32 heavy (non-hydrogen) atoms. The third kappa shape index (κ3) is 5.78. The number of nitrogens with one attached hydrogen (secondary N) is 3. The molecule has 1 atom stereocenters. The molecule has 0 radical (unpaired) electrons. The van der Waals surface area contributed by atoms with Crippen LogP contribution in [0.1, 0.15) is 22.8 Å². The van der Waals surface area contributed by atoms with E-state index in [2.05, 4.69) is 15.6 Å². The maximum Gasteiger partial charge on any atom is 0.279 e. The number of hydrazine groups is 1. The molecule has 168 valence electrons. The first-order valence-corrected chi connectivity index (χ1v) is 12.1. The van der Waals surface area contributed by atoms with Gasteiger partial charge in [0.05, 0.1) is 16.3 Å². The molecule has 3 N–H and O–H groups in total. The first kappa shape index (κ1) is 23.6. The minimum absolute atomic E-state index is 0.0308. The molecule has 11 heteroatoms. The van der Waals surface area contributed by atoms with Crippen LogP contribution in [0.15, 0.2) is 64.2 Å². The van der Waals surface area contributed by atoms with Gasteiger partial charge in [-0.25, -0.2) is 8.42 Å². The van der Waals surface area contributed by atoms with Crippen LogP contribution in [0.3, 0.4) is 0 Å². The summed E-state index contributed by atoms with van der Waals surface area (Å²) in [7, 11) is -3.84. The highest BCUT2D eigenvalue weighted by Gasteiger charge is 2.21. The van der Waals surface area contributed by atoms with Crippen molar-refractivity contribution in [1.82, 2.24) is 10.9 Å². The van der Waals surface area contributed by atoms with Crippen molar-refractivity contribution in [3.05, 3.63) is 76.1 Å². The van der Waals surface area contributed by atoms with Crippen LogP contribution >= 0.6 is 22.9 Å². The molecular weight excluding hydrogens is 474 g/mol. The second-order valence-corrected chi connectivity index (χ2v) is 9.98. The molecule has 1 unspecified atom stereocenters. The molecule has 1 aromatic heterocycles. The Morgan fingerprint density at radius 3 is 2.53 bits per heavy atom. The number of aryl methyl sites for hydroxylation is 1. The summed E-state index contributed by atoms with van der Waals surface area (Å²) < 4.78 is 33.1. The first-order chi connectivity index (χ1) is 15.2. The van der Waals surface area contributed by atoms with E-state index in [0.29, 0.717) is 10.8 Å². The summed E-state index contributed by atoms with van der Waals surface area (Å²) in [6.07, 6.45) is -0.956. The Morgan fingerprint density at radius 2 is 1.81 bits per heavy atom. The molecule has 0 aliphatic heterocycles. The number of anilines is 1. The number of thiophene rings is 1. The van der Waals surface area contributed by atoms with Crippen LogP contribution in [0, 0.1) is 6.92 Å². The number of para-hydroxylation sites is 1. The Kier molecular flexibility index (Phi) is 7.39. The number of benzene rings is 2. The predicted molar refractivity (Wildman–Crippen MR) is 123 cm³/mol. The molecule has 8 nitrogen and oxygen atoms in total. The summed E-state index contributed by atoms with van der Waals surface area (Å²) in [5.74, 6) is -0.981. The van der Waals surface area contributed by atoms with E-state index in [1.807, 2.05) is 13.0 Å². The first-order valence-electron chi connectivity index (χ1n) is 9.36. The Hall–Kier alpha value is -3.08. The fourth-order valence-corrected chi connectivity index (χ4v) is 4.85. The Balaban J connectivity index is 1.65. The molecule has 0 fully saturated rings. The van der Waals surface area contributed by atoms with E-state index in [4.69, 9.17) is 16.3 Å². The molecule has 0 bridgehead atoms. The van der Waals surface area contributed by atoms with Gasteiger partial charge in [-0.05, 0) is 55.1 Å². The van der Waals surface area contributed by atoms with Crippen LogP contribution in [0.5, 0.6) is 5.75 Å². The van der Waals surface area contributed by atoms with Crippen LogP contribution < -0.4 is 20.3 Å². The number of carbonyl (C=O) groups excluding carboxylic acids is 2. The zero-order chi connectivity index (χ0) is 23.3. The maximum absolute atomic E-state index is 12.6. The molecule has 2 amide bonds. The molecule has 3 aromatic rings. The van der Waals surface area contributed by atoms with Gasteiger partial charge in [-0.3, -0.25) is 25.2 Å². The molecule has 0 saturated carbocycles. The Bertz CT molecular complexity index is 1230. The number of amides is 2. The van der Waals surface area contributed by atoms with E-state index in [1.165, 1.54) is 25.1 Å². The number of ether oxygens (including phenoxy) is 1. The molecule has 3 rings (SSSR count). The predicted octanol–water partition coefficient (Wildman–Crippen LogP) is 3.74. The SMILES string of the molecule is Cc1ccc(Cl)c(OC(C)C(=O)NNC(=O)c2ccccc2NS(=O)(=O)c2cccs2)c1. The van der Waals surface area contributed by atoms with Gasteiger partial charge in [-0.15, -0.1) is 11.3 Å². The lowest BCUT2D eigenvalue weighted by atomic mass is 10.2. The molecule has 0 aliphatic rings. The number of rotatable bonds is 7. The molecular formula is C21H20ClN3O5S2. The van der Waals surface area contributed by atoms with Crippen LogP contribution in [0.4, 0.5) is 5.69 Å². The highest BCUT2D eigenvalue weighted by molar-refractivity contribution is 7.94. The van der Waals surface area contributed by atoms with E-state index in [1.54, 1.807) is 35.7 Å². The van der Waals surface area contributed by atoms with Gasteiger partial charge in [0.25, 0.3) is 21.8 Å². The van der Waals surface area contributed by atoms with Gasteiger partial charge >= 0.3 is 0 Å². The maximum atomic E-state index is 12.6. The fourth-order valence-electron chi connectivity index (χ4n) is 2.61. The van der Waals surface area contributed by atoms with Gasteiger partial charge in [0.15, 0.2) is 6.10 Å². The van der Waals surface area contributed by atoms with Gasteiger partial charge in [-0.2, -0.15) is 0 Å². The van der Waals surface area contributed by atoms with E-state index in [0.717, 1.165) is 16.9 Å². The summed E-state index contributed by atoms with van der Waals surface area (Å²) in [6, 6.07) is 14.3. The van der Waals surface area contributed by atoms with Gasteiger partial charge in [-0.1, -0.05) is 35.9 Å². The van der Waals surface area contributed by atoms with Gasteiger partial charge < -0.3 is 4.74 Å². The zero-order valence-electron chi connectivity index (χ0n) is 17.1. The number of carbonyl (C=O) groups is 2. The highest BCUT2D eigenvalue weighted by Crippen LogP contribution is 2.26. The van der Waals surface area contributed by atoms with Crippen molar-refractivity contribution in [2.45, 2.75) is 24.2 Å². The van der Waals surface area contributed by atoms with Gasteiger partial charge in [0, 0.05) is 0 Å². The lowest BCUT2D eigenvalue weighted by Gasteiger charge is -2.17. The second kappa shape index (κ2) is 10.0. The van der Waals surface area contributed by atoms with E-state index < -0.39 is 27.9 Å². The van der Waals surface area contributed by atoms with Crippen molar-refractivity contribution < 1.29 is 22.7 Å². The highest BCUT2D eigenvalue weighted by atomic mass is 35.5. The van der Waals surface area contributed by atoms with Crippen molar-refractivity contribution in [2.24, 2.45) is 0 Å². The number of hydrogen-bond donors (Lipinski definition) is 3. The van der Waals surface area contributed by atoms with Crippen molar-refractivity contribution in [3.63, 3.8) is 0 Å². The van der Waals surface area contributed by atoms with E-state index in [-0.39, 0.29) is 15.5 Å². The van der Waals surface area contributed by atoms with Crippen molar-refractivity contribution in [3.8, 4) is 5.75 Å². The zero-order valence-corrected chi connectivity index (χ0v) is 19.5. The van der Waals surface area contributed by atoms with Gasteiger partial charge in [0.2, 0.25) is 0 Å². The summed E-state index contributed by atoms with van der Waals surface area (Å²) in [6.45, 7) is 3.36. The number of hydrogen-bond acceptors (Lipinski definition) is 6. The van der Waals surface area contributed by atoms with Crippen molar-refractivity contribution in [1.29, 1.82) is 0 Å². The fraction of sp³-hybridized carbons (Fsp3) is 0.143. The van der Waals surface area contributed by atoms with Crippen LogP contribution in [-0.2, 0) is 14.8 Å².